The van der Waals surface area contributed by atoms with Crippen LogP contribution in [0.1, 0.15) is 10.4 Å². The standard InChI is InChI=1S/C15H12F3NO4S/c1-23-12-4-2-3-11(9-12)19-14(20)10-5-7-13(8-6-10)24(21,22)15(16,17)18/h2-9H,1H3,(H,19,20). The lowest BCUT2D eigenvalue weighted by Gasteiger charge is -2.09. The van der Waals surface area contributed by atoms with E-state index >= 15 is 0 Å². The molecule has 0 aliphatic carbocycles. The first-order valence-electron chi connectivity index (χ1n) is 6.52. The number of anilines is 1. The van der Waals surface area contributed by atoms with E-state index in [0.717, 1.165) is 24.3 Å². The summed E-state index contributed by atoms with van der Waals surface area (Å²) in [6.45, 7) is 0. The number of ether oxygens (including phenoxy) is 1. The Balaban J connectivity index is 2.20. The molecule has 0 atom stereocenters. The molecule has 24 heavy (non-hydrogen) atoms. The number of carbonyl (C=O) groups excluding carboxylic acids is 1. The summed E-state index contributed by atoms with van der Waals surface area (Å²) in [4.78, 5) is 11.1. The summed E-state index contributed by atoms with van der Waals surface area (Å²) in [5.41, 5.74) is -4.96. The Morgan fingerprint density at radius 1 is 1.08 bits per heavy atom. The predicted molar refractivity (Wildman–Crippen MR) is 80.6 cm³/mol. The first-order valence-corrected chi connectivity index (χ1v) is 8.00. The molecule has 0 spiro atoms. The first kappa shape index (κ1) is 17.8. The van der Waals surface area contributed by atoms with Crippen LogP contribution >= 0.6 is 0 Å². The number of amides is 1. The molecule has 0 aliphatic rings. The van der Waals surface area contributed by atoms with Gasteiger partial charge < -0.3 is 10.1 Å². The monoisotopic (exact) mass is 359 g/mol. The van der Waals surface area contributed by atoms with Crippen molar-refractivity contribution >= 4 is 21.4 Å². The molecule has 0 aliphatic heterocycles. The van der Waals surface area contributed by atoms with Crippen molar-refractivity contribution in [2.24, 2.45) is 0 Å². The van der Waals surface area contributed by atoms with Gasteiger partial charge in [-0.05, 0) is 36.4 Å². The second-order valence-corrected chi connectivity index (χ2v) is 6.60. The van der Waals surface area contributed by atoms with E-state index in [-0.39, 0.29) is 5.56 Å². The van der Waals surface area contributed by atoms with Crippen LogP contribution in [0.3, 0.4) is 0 Å². The first-order chi connectivity index (χ1) is 11.1. The molecule has 0 fully saturated rings. The average molecular weight is 359 g/mol. The largest absolute Gasteiger partial charge is 0.501 e. The van der Waals surface area contributed by atoms with Gasteiger partial charge in [0.1, 0.15) is 5.75 Å². The lowest BCUT2D eigenvalue weighted by atomic mass is 10.2. The van der Waals surface area contributed by atoms with Crippen molar-refractivity contribution in [3.05, 3.63) is 54.1 Å². The molecule has 0 saturated heterocycles. The van der Waals surface area contributed by atoms with Crippen LogP contribution in [-0.4, -0.2) is 26.9 Å². The number of methoxy groups -OCH3 is 1. The van der Waals surface area contributed by atoms with Crippen LogP contribution < -0.4 is 10.1 Å². The zero-order valence-corrected chi connectivity index (χ0v) is 13.1. The van der Waals surface area contributed by atoms with Crippen molar-refractivity contribution in [1.82, 2.24) is 0 Å². The average Bonchev–Trinajstić information content (AvgIpc) is 2.54. The summed E-state index contributed by atoms with van der Waals surface area (Å²) in [6.07, 6.45) is 0. The van der Waals surface area contributed by atoms with Crippen LogP contribution in [-0.2, 0) is 9.84 Å². The molecule has 2 aromatic carbocycles. The summed E-state index contributed by atoms with van der Waals surface area (Å²) >= 11 is 0. The van der Waals surface area contributed by atoms with Gasteiger partial charge in [0.05, 0.1) is 12.0 Å². The van der Waals surface area contributed by atoms with E-state index in [4.69, 9.17) is 4.74 Å². The summed E-state index contributed by atoms with van der Waals surface area (Å²) < 4.78 is 64.9. The van der Waals surface area contributed by atoms with Crippen molar-refractivity contribution in [1.29, 1.82) is 0 Å². The van der Waals surface area contributed by atoms with E-state index in [1.54, 1.807) is 24.3 Å². The van der Waals surface area contributed by atoms with Crippen LogP contribution in [0.4, 0.5) is 18.9 Å². The fraction of sp³-hybridized carbons (Fsp3) is 0.133. The Morgan fingerprint density at radius 3 is 2.25 bits per heavy atom. The van der Waals surface area contributed by atoms with Crippen LogP contribution in [0.2, 0.25) is 0 Å². The maximum atomic E-state index is 12.5. The van der Waals surface area contributed by atoms with Gasteiger partial charge in [0, 0.05) is 17.3 Å². The molecule has 1 amide bonds. The molecule has 0 heterocycles. The van der Waals surface area contributed by atoms with Gasteiger partial charge in [-0.15, -0.1) is 0 Å². The Morgan fingerprint density at radius 2 is 1.71 bits per heavy atom. The second kappa shape index (κ2) is 6.52. The Kier molecular flexibility index (Phi) is 4.83. The molecule has 0 radical (unpaired) electrons. The fourth-order valence-electron chi connectivity index (χ4n) is 1.82. The minimum Gasteiger partial charge on any atom is -0.497 e. The number of hydrogen-bond acceptors (Lipinski definition) is 4. The van der Waals surface area contributed by atoms with Crippen LogP contribution in [0, 0.1) is 0 Å². The molecular formula is C15H12F3NO4S. The molecule has 0 unspecified atom stereocenters. The van der Waals surface area contributed by atoms with Crippen molar-refractivity contribution in [2.45, 2.75) is 10.4 Å². The summed E-state index contributed by atoms with van der Waals surface area (Å²) in [5.74, 6) is -0.0846. The molecule has 128 valence electrons. The van der Waals surface area contributed by atoms with E-state index < -0.39 is 26.1 Å². The van der Waals surface area contributed by atoms with E-state index in [9.17, 15) is 26.4 Å². The number of alkyl halides is 3. The van der Waals surface area contributed by atoms with Gasteiger partial charge in [-0.2, -0.15) is 13.2 Å². The van der Waals surface area contributed by atoms with Crippen molar-refractivity contribution in [2.75, 3.05) is 12.4 Å². The smallest absolute Gasteiger partial charge is 0.497 e. The topological polar surface area (TPSA) is 72.5 Å². The number of benzene rings is 2. The van der Waals surface area contributed by atoms with Crippen molar-refractivity contribution in [3.63, 3.8) is 0 Å². The number of sulfone groups is 1. The minimum absolute atomic E-state index is 0.0129. The molecular weight excluding hydrogens is 347 g/mol. The highest BCUT2D eigenvalue weighted by Crippen LogP contribution is 2.30. The van der Waals surface area contributed by atoms with Gasteiger partial charge in [-0.3, -0.25) is 4.79 Å². The van der Waals surface area contributed by atoms with Gasteiger partial charge in [-0.25, -0.2) is 8.42 Å². The highest BCUT2D eigenvalue weighted by molar-refractivity contribution is 7.92. The normalized spacial score (nSPS) is 11.8. The summed E-state index contributed by atoms with van der Waals surface area (Å²) in [7, 11) is -3.98. The maximum absolute atomic E-state index is 12.5. The van der Waals surface area contributed by atoms with Gasteiger partial charge in [0.15, 0.2) is 0 Å². The van der Waals surface area contributed by atoms with Gasteiger partial charge in [0.25, 0.3) is 15.7 Å². The SMILES string of the molecule is COc1cccc(NC(=O)c2ccc(S(=O)(=O)C(F)(F)F)cc2)c1. The molecule has 0 saturated carbocycles. The van der Waals surface area contributed by atoms with E-state index in [1.165, 1.54) is 7.11 Å². The summed E-state index contributed by atoms with van der Waals surface area (Å²) in [6, 6.07) is 9.97. The summed E-state index contributed by atoms with van der Waals surface area (Å²) in [5, 5.41) is 2.53. The van der Waals surface area contributed by atoms with Crippen LogP contribution in [0.15, 0.2) is 53.4 Å². The number of rotatable bonds is 4. The third-order valence-electron chi connectivity index (χ3n) is 3.06. The van der Waals surface area contributed by atoms with Crippen LogP contribution in [0.5, 0.6) is 5.75 Å². The van der Waals surface area contributed by atoms with E-state index in [2.05, 4.69) is 5.32 Å². The van der Waals surface area contributed by atoms with Gasteiger partial charge in [-0.1, -0.05) is 6.07 Å². The van der Waals surface area contributed by atoms with Crippen LogP contribution in [0.25, 0.3) is 0 Å². The van der Waals surface area contributed by atoms with E-state index in [1.807, 2.05) is 0 Å². The quantitative estimate of drug-likeness (QED) is 0.910. The third-order valence-corrected chi connectivity index (χ3v) is 4.56. The highest BCUT2D eigenvalue weighted by Gasteiger charge is 2.46. The Labute approximate surface area is 136 Å². The van der Waals surface area contributed by atoms with Gasteiger partial charge >= 0.3 is 5.51 Å². The van der Waals surface area contributed by atoms with Gasteiger partial charge in [0.2, 0.25) is 0 Å². The Bertz CT molecular complexity index is 846. The zero-order chi connectivity index (χ0) is 18.0. The second-order valence-electron chi connectivity index (χ2n) is 4.66. The van der Waals surface area contributed by atoms with E-state index in [0.29, 0.717) is 11.4 Å². The van der Waals surface area contributed by atoms with Crippen molar-refractivity contribution in [3.8, 4) is 5.75 Å². The molecule has 0 bridgehead atoms. The zero-order valence-electron chi connectivity index (χ0n) is 12.3. The third kappa shape index (κ3) is 3.67. The number of nitrogens with one attached hydrogen (secondary N) is 1. The molecule has 1 N–H and O–H groups in total. The predicted octanol–water partition coefficient (Wildman–Crippen LogP) is 3.24. The number of halogens is 3. The maximum Gasteiger partial charge on any atom is 0.501 e. The lowest BCUT2D eigenvalue weighted by molar-refractivity contribution is -0.0436. The molecule has 2 rings (SSSR count). The van der Waals surface area contributed by atoms with Crippen molar-refractivity contribution < 1.29 is 31.1 Å². The highest BCUT2D eigenvalue weighted by atomic mass is 32.2. The molecule has 9 heteroatoms. The molecule has 2 aromatic rings. The number of hydrogen-bond donors (Lipinski definition) is 1. The Hall–Kier alpha value is -2.55. The lowest BCUT2D eigenvalue weighted by Crippen LogP contribution is -2.23. The molecule has 0 aromatic heterocycles. The fourth-order valence-corrected chi connectivity index (χ4v) is 2.58. The number of carbonyl (C=O) groups is 1. The minimum atomic E-state index is -5.44. The molecule has 5 nitrogen and oxygen atoms in total.